The third-order valence-corrected chi connectivity index (χ3v) is 4.89. The van der Waals surface area contributed by atoms with Gasteiger partial charge in [0.2, 0.25) is 5.91 Å². The zero-order valence-corrected chi connectivity index (χ0v) is 15.1. The Hall–Kier alpha value is -3.16. The molecule has 1 amide bonds. The summed E-state index contributed by atoms with van der Waals surface area (Å²) in [5.41, 5.74) is -1.12. The summed E-state index contributed by atoms with van der Waals surface area (Å²) in [6, 6.07) is 9.35. The third kappa shape index (κ3) is 3.87. The lowest BCUT2D eigenvalue weighted by molar-refractivity contribution is -0.140. The monoisotopic (exact) mass is 404 g/mol. The fraction of sp³-hybridized carbons (Fsp3) is 0.238. The second kappa shape index (κ2) is 7.02. The molecule has 2 aromatic carbocycles. The second-order valence-electron chi connectivity index (χ2n) is 7.06. The van der Waals surface area contributed by atoms with Crippen LogP contribution in [0.15, 0.2) is 53.5 Å². The lowest BCUT2D eigenvalue weighted by Gasteiger charge is -2.12. The minimum absolute atomic E-state index is 0.0348. The number of carbonyl (C=O) groups excluding carboxylic acids is 1. The number of hydrogen-bond donors (Lipinski definition) is 1. The van der Waals surface area contributed by atoms with Crippen LogP contribution in [0.1, 0.15) is 30.0 Å². The number of fused-ring (bicyclic) bond motifs is 1. The Labute approximate surface area is 162 Å². The SMILES string of the molecule is O=C(Cc1ccc(F)c(C(F)(F)F)c1)Nc1cccc2c(=O)n(C3CC3)ccc12. The number of nitrogens with one attached hydrogen (secondary N) is 1. The highest BCUT2D eigenvalue weighted by atomic mass is 19.4. The first kappa shape index (κ1) is 19.2. The van der Waals surface area contributed by atoms with E-state index < -0.39 is 23.5 Å². The lowest BCUT2D eigenvalue weighted by Crippen LogP contribution is -2.20. The summed E-state index contributed by atoms with van der Waals surface area (Å²) in [7, 11) is 0. The number of anilines is 1. The maximum Gasteiger partial charge on any atom is 0.419 e. The Kier molecular flexibility index (Phi) is 4.64. The highest BCUT2D eigenvalue weighted by molar-refractivity contribution is 6.02. The number of nitrogens with zero attached hydrogens (tertiary/aromatic N) is 1. The predicted molar refractivity (Wildman–Crippen MR) is 100 cm³/mol. The number of carbonyl (C=O) groups is 1. The van der Waals surface area contributed by atoms with Crippen LogP contribution < -0.4 is 10.9 Å². The second-order valence-corrected chi connectivity index (χ2v) is 7.06. The molecule has 1 saturated carbocycles. The first-order valence-electron chi connectivity index (χ1n) is 9.03. The summed E-state index contributed by atoms with van der Waals surface area (Å²) in [6.45, 7) is 0. The van der Waals surface area contributed by atoms with Gasteiger partial charge in [0, 0.05) is 28.7 Å². The summed E-state index contributed by atoms with van der Waals surface area (Å²) < 4.78 is 53.6. The summed E-state index contributed by atoms with van der Waals surface area (Å²) >= 11 is 0. The Balaban J connectivity index is 1.58. The highest BCUT2D eigenvalue weighted by Gasteiger charge is 2.34. The van der Waals surface area contributed by atoms with Gasteiger partial charge in [-0.2, -0.15) is 13.2 Å². The average molecular weight is 404 g/mol. The minimum atomic E-state index is -4.84. The van der Waals surface area contributed by atoms with E-state index in [-0.39, 0.29) is 23.6 Å². The van der Waals surface area contributed by atoms with Crippen LogP contribution in [0.5, 0.6) is 0 Å². The van der Waals surface area contributed by atoms with Crippen LogP contribution in [0.25, 0.3) is 10.8 Å². The van der Waals surface area contributed by atoms with Gasteiger partial charge in [-0.05, 0) is 48.7 Å². The molecular formula is C21H16F4N2O2. The summed E-state index contributed by atoms with van der Waals surface area (Å²) in [5, 5.41) is 3.65. The van der Waals surface area contributed by atoms with Crippen LogP contribution in [-0.4, -0.2) is 10.5 Å². The van der Waals surface area contributed by atoms with Crippen molar-refractivity contribution in [3.8, 4) is 0 Å². The molecule has 0 aliphatic heterocycles. The molecule has 4 rings (SSSR count). The molecule has 0 bridgehead atoms. The molecular weight excluding hydrogens is 388 g/mol. The van der Waals surface area contributed by atoms with E-state index in [1.807, 2.05) is 0 Å². The molecule has 1 aliphatic carbocycles. The number of rotatable bonds is 4. The van der Waals surface area contributed by atoms with Gasteiger partial charge in [-0.15, -0.1) is 0 Å². The Morgan fingerprint density at radius 2 is 1.86 bits per heavy atom. The van der Waals surface area contributed by atoms with Crippen molar-refractivity contribution in [3.63, 3.8) is 0 Å². The van der Waals surface area contributed by atoms with Crippen molar-refractivity contribution >= 4 is 22.4 Å². The first-order valence-corrected chi connectivity index (χ1v) is 9.03. The van der Waals surface area contributed by atoms with Crippen LogP contribution in [-0.2, 0) is 17.4 Å². The molecule has 150 valence electrons. The largest absolute Gasteiger partial charge is 0.419 e. The summed E-state index contributed by atoms with van der Waals surface area (Å²) in [5.74, 6) is -1.95. The van der Waals surface area contributed by atoms with E-state index in [9.17, 15) is 27.2 Å². The van der Waals surface area contributed by atoms with Gasteiger partial charge in [0.05, 0.1) is 12.0 Å². The van der Waals surface area contributed by atoms with E-state index in [4.69, 9.17) is 0 Å². The zero-order valence-electron chi connectivity index (χ0n) is 15.1. The number of pyridine rings is 1. The van der Waals surface area contributed by atoms with E-state index in [1.54, 1.807) is 35.0 Å². The van der Waals surface area contributed by atoms with Crippen molar-refractivity contribution in [2.75, 3.05) is 5.32 Å². The van der Waals surface area contributed by atoms with Crippen molar-refractivity contribution in [1.29, 1.82) is 0 Å². The van der Waals surface area contributed by atoms with Crippen LogP contribution in [0, 0.1) is 5.82 Å². The van der Waals surface area contributed by atoms with Crippen molar-refractivity contribution in [1.82, 2.24) is 4.57 Å². The molecule has 3 aromatic rings. The molecule has 1 aromatic heterocycles. The van der Waals surface area contributed by atoms with Gasteiger partial charge >= 0.3 is 6.18 Å². The number of hydrogen-bond acceptors (Lipinski definition) is 2. The maximum atomic E-state index is 13.4. The Bertz CT molecular complexity index is 1160. The van der Waals surface area contributed by atoms with Gasteiger partial charge in [0.1, 0.15) is 5.82 Å². The fourth-order valence-electron chi connectivity index (χ4n) is 3.32. The molecule has 1 N–H and O–H groups in total. The van der Waals surface area contributed by atoms with E-state index in [0.29, 0.717) is 28.6 Å². The molecule has 1 aliphatic rings. The summed E-state index contributed by atoms with van der Waals surface area (Å²) in [4.78, 5) is 25.0. The van der Waals surface area contributed by atoms with E-state index >= 15 is 0 Å². The van der Waals surface area contributed by atoms with E-state index in [1.165, 1.54) is 0 Å². The van der Waals surface area contributed by atoms with Crippen molar-refractivity contribution < 1.29 is 22.4 Å². The molecule has 0 spiro atoms. The van der Waals surface area contributed by atoms with Gasteiger partial charge in [0.15, 0.2) is 0 Å². The van der Waals surface area contributed by atoms with E-state index in [2.05, 4.69) is 5.32 Å². The van der Waals surface area contributed by atoms with E-state index in [0.717, 1.165) is 18.9 Å². The molecule has 8 heteroatoms. The standard InChI is InChI=1S/C21H16F4N2O2/c22-17-7-4-12(10-16(17)21(23,24)25)11-19(28)26-18-3-1-2-15-14(18)8-9-27(20(15)29)13-5-6-13/h1-4,7-10,13H,5-6,11H2,(H,26,28). The smallest absolute Gasteiger partial charge is 0.325 e. The molecule has 1 fully saturated rings. The van der Waals surface area contributed by atoms with Crippen LogP contribution >= 0.6 is 0 Å². The molecule has 0 unspecified atom stereocenters. The molecule has 29 heavy (non-hydrogen) atoms. The molecule has 0 radical (unpaired) electrons. The Morgan fingerprint density at radius 1 is 1.10 bits per heavy atom. The first-order chi connectivity index (χ1) is 13.7. The van der Waals surface area contributed by atoms with Gasteiger partial charge in [-0.25, -0.2) is 4.39 Å². The topological polar surface area (TPSA) is 51.1 Å². The molecule has 0 atom stereocenters. The number of aromatic nitrogens is 1. The van der Waals surface area contributed by atoms with Gasteiger partial charge in [0.25, 0.3) is 5.56 Å². The Morgan fingerprint density at radius 3 is 2.55 bits per heavy atom. The average Bonchev–Trinajstić information content (AvgIpc) is 3.48. The number of halogens is 4. The van der Waals surface area contributed by atoms with Gasteiger partial charge in [-0.1, -0.05) is 12.1 Å². The summed E-state index contributed by atoms with van der Waals surface area (Å²) in [6.07, 6.45) is -1.60. The van der Waals surface area contributed by atoms with Gasteiger partial charge < -0.3 is 9.88 Å². The van der Waals surface area contributed by atoms with Crippen molar-refractivity contribution in [2.24, 2.45) is 0 Å². The zero-order chi connectivity index (χ0) is 20.8. The van der Waals surface area contributed by atoms with Crippen LogP contribution in [0.4, 0.5) is 23.2 Å². The van der Waals surface area contributed by atoms with Crippen molar-refractivity contribution in [2.45, 2.75) is 31.5 Å². The van der Waals surface area contributed by atoms with Crippen molar-refractivity contribution in [3.05, 3.63) is 76.0 Å². The minimum Gasteiger partial charge on any atom is -0.325 e. The predicted octanol–water partition coefficient (Wildman–Crippen LogP) is 4.68. The quantitative estimate of drug-likeness (QED) is 0.643. The van der Waals surface area contributed by atoms with Crippen LogP contribution in [0.3, 0.4) is 0 Å². The number of alkyl halides is 3. The lowest BCUT2D eigenvalue weighted by atomic mass is 10.1. The van der Waals surface area contributed by atoms with Crippen LogP contribution in [0.2, 0.25) is 0 Å². The molecule has 4 nitrogen and oxygen atoms in total. The normalized spacial score (nSPS) is 14.2. The number of amides is 1. The number of benzene rings is 2. The fourth-order valence-corrected chi connectivity index (χ4v) is 3.32. The maximum absolute atomic E-state index is 13.4. The van der Waals surface area contributed by atoms with Gasteiger partial charge in [-0.3, -0.25) is 9.59 Å². The molecule has 0 saturated heterocycles. The third-order valence-electron chi connectivity index (χ3n) is 4.89. The molecule has 1 heterocycles. The highest BCUT2D eigenvalue weighted by Crippen LogP contribution is 2.34.